The molecule has 1 unspecified atom stereocenters. The summed E-state index contributed by atoms with van der Waals surface area (Å²) in [5.41, 5.74) is 0. The third-order valence-corrected chi connectivity index (χ3v) is 0.611. The maximum atomic E-state index is 10.1. The van der Waals surface area contributed by atoms with E-state index in [1.54, 1.807) is 0 Å². The summed E-state index contributed by atoms with van der Waals surface area (Å²) in [6.07, 6.45) is -1.13. The molecular formula is C5H10O4. The minimum atomic E-state index is -1.13. The molecule has 0 aliphatic heterocycles. The predicted molar refractivity (Wildman–Crippen MR) is 29.6 cm³/mol. The lowest BCUT2D eigenvalue weighted by Gasteiger charge is -2.07. The summed E-state index contributed by atoms with van der Waals surface area (Å²) in [5.74, 6) is -0.514. The number of carbonyl (C=O) groups excluding carboxylic acids is 1. The van der Waals surface area contributed by atoms with Crippen LogP contribution in [0.3, 0.4) is 0 Å². The van der Waals surface area contributed by atoms with Crippen molar-refractivity contribution < 1.29 is 19.4 Å². The topological polar surface area (TPSA) is 55.8 Å². The molecule has 0 aromatic heterocycles. The highest BCUT2D eigenvalue weighted by Crippen LogP contribution is 1.86. The SMILES string of the molecule is COCC(O)OC(C)=O. The molecule has 9 heavy (non-hydrogen) atoms. The molecule has 0 saturated heterocycles. The third-order valence-electron chi connectivity index (χ3n) is 0.611. The number of hydrogen-bond acceptors (Lipinski definition) is 4. The number of aliphatic hydroxyl groups excluding tert-OH is 1. The Morgan fingerprint density at radius 1 is 1.78 bits per heavy atom. The van der Waals surface area contributed by atoms with Gasteiger partial charge in [-0.3, -0.25) is 4.79 Å². The average molecular weight is 134 g/mol. The van der Waals surface area contributed by atoms with Crippen LogP contribution >= 0.6 is 0 Å². The van der Waals surface area contributed by atoms with E-state index in [2.05, 4.69) is 9.47 Å². The largest absolute Gasteiger partial charge is 0.434 e. The summed E-state index contributed by atoms with van der Waals surface area (Å²) < 4.78 is 8.76. The number of carbonyl (C=O) groups is 1. The van der Waals surface area contributed by atoms with E-state index < -0.39 is 12.3 Å². The van der Waals surface area contributed by atoms with Gasteiger partial charge in [0.2, 0.25) is 6.29 Å². The van der Waals surface area contributed by atoms with Crippen molar-refractivity contribution in [3.05, 3.63) is 0 Å². The number of methoxy groups -OCH3 is 1. The van der Waals surface area contributed by atoms with E-state index in [0.717, 1.165) is 0 Å². The van der Waals surface area contributed by atoms with Crippen molar-refractivity contribution in [2.75, 3.05) is 13.7 Å². The Hall–Kier alpha value is -0.610. The van der Waals surface area contributed by atoms with Gasteiger partial charge in [0, 0.05) is 14.0 Å². The van der Waals surface area contributed by atoms with Crippen LogP contribution in [0.15, 0.2) is 0 Å². The van der Waals surface area contributed by atoms with Crippen LogP contribution in [0.4, 0.5) is 0 Å². The molecule has 54 valence electrons. The van der Waals surface area contributed by atoms with Crippen LogP contribution in [-0.2, 0) is 14.3 Å². The second kappa shape index (κ2) is 4.29. The summed E-state index contributed by atoms with van der Waals surface area (Å²) in [4.78, 5) is 10.1. The predicted octanol–water partition coefficient (Wildman–Crippen LogP) is -0.486. The first kappa shape index (κ1) is 8.39. The first-order chi connectivity index (χ1) is 4.16. The van der Waals surface area contributed by atoms with Crippen molar-refractivity contribution >= 4 is 5.97 Å². The van der Waals surface area contributed by atoms with Crippen LogP contribution in [0.2, 0.25) is 0 Å². The third kappa shape index (κ3) is 5.26. The number of ether oxygens (including phenoxy) is 2. The Labute approximate surface area is 53.4 Å². The zero-order chi connectivity index (χ0) is 7.28. The highest BCUT2D eigenvalue weighted by atomic mass is 16.7. The summed E-state index contributed by atoms with van der Waals surface area (Å²) in [6, 6.07) is 0. The van der Waals surface area contributed by atoms with Gasteiger partial charge in [-0.15, -0.1) is 0 Å². The molecule has 4 nitrogen and oxygen atoms in total. The molecule has 0 rings (SSSR count). The molecule has 0 radical (unpaired) electrons. The van der Waals surface area contributed by atoms with Gasteiger partial charge >= 0.3 is 5.97 Å². The normalized spacial score (nSPS) is 12.8. The summed E-state index contributed by atoms with van der Waals surface area (Å²) in [6.45, 7) is 1.23. The van der Waals surface area contributed by atoms with E-state index in [1.165, 1.54) is 14.0 Å². The van der Waals surface area contributed by atoms with Crippen molar-refractivity contribution in [1.29, 1.82) is 0 Å². The van der Waals surface area contributed by atoms with Gasteiger partial charge in [-0.25, -0.2) is 0 Å². The Balaban J connectivity index is 3.26. The van der Waals surface area contributed by atoms with Crippen molar-refractivity contribution in [3.8, 4) is 0 Å². The standard InChI is InChI=1S/C5H10O4/c1-4(6)9-5(7)3-8-2/h5,7H,3H2,1-2H3. The fourth-order valence-corrected chi connectivity index (χ4v) is 0.368. The maximum Gasteiger partial charge on any atom is 0.305 e. The summed E-state index contributed by atoms with van der Waals surface area (Å²) >= 11 is 0. The van der Waals surface area contributed by atoms with E-state index in [0.29, 0.717) is 0 Å². The number of aliphatic hydroxyl groups is 1. The number of esters is 1. The fraction of sp³-hybridized carbons (Fsp3) is 0.800. The van der Waals surface area contributed by atoms with Crippen molar-refractivity contribution in [1.82, 2.24) is 0 Å². The van der Waals surface area contributed by atoms with E-state index in [1.807, 2.05) is 0 Å². The molecule has 0 spiro atoms. The van der Waals surface area contributed by atoms with Gasteiger partial charge in [-0.1, -0.05) is 0 Å². The molecule has 1 atom stereocenters. The zero-order valence-electron chi connectivity index (χ0n) is 5.46. The van der Waals surface area contributed by atoms with Gasteiger partial charge in [-0.05, 0) is 0 Å². The highest BCUT2D eigenvalue weighted by Gasteiger charge is 2.04. The Kier molecular flexibility index (Phi) is 4.00. The van der Waals surface area contributed by atoms with Crippen LogP contribution in [0.25, 0.3) is 0 Å². The van der Waals surface area contributed by atoms with Crippen LogP contribution in [0.5, 0.6) is 0 Å². The molecule has 1 N–H and O–H groups in total. The van der Waals surface area contributed by atoms with Gasteiger partial charge in [0.15, 0.2) is 0 Å². The lowest BCUT2D eigenvalue weighted by molar-refractivity contribution is -0.172. The molecule has 0 amide bonds. The average Bonchev–Trinajstić information content (AvgIpc) is 1.63. The van der Waals surface area contributed by atoms with Crippen LogP contribution in [0.1, 0.15) is 6.92 Å². The van der Waals surface area contributed by atoms with Crippen LogP contribution < -0.4 is 0 Å². The van der Waals surface area contributed by atoms with Gasteiger partial charge < -0.3 is 14.6 Å². The molecule has 0 aliphatic carbocycles. The van der Waals surface area contributed by atoms with Crippen molar-refractivity contribution in [3.63, 3.8) is 0 Å². The zero-order valence-corrected chi connectivity index (χ0v) is 5.46. The van der Waals surface area contributed by atoms with Gasteiger partial charge in [0.05, 0.1) is 0 Å². The lowest BCUT2D eigenvalue weighted by atomic mass is 10.7. The van der Waals surface area contributed by atoms with Crippen molar-refractivity contribution in [2.24, 2.45) is 0 Å². The lowest BCUT2D eigenvalue weighted by Crippen LogP contribution is -2.20. The van der Waals surface area contributed by atoms with E-state index in [-0.39, 0.29) is 6.61 Å². The number of hydrogen-bond donors (Lipinski definition) is 1. The van der Waals surface area contributed by atoms with Crippen molar-refractivity contribution in [2.45, 2.75) is 13.2 Å². The van der Waals surface area contributed by atoms with Gasteiger partial charge in [0.1, 0.15) is 6.61 Å². The van der Waals surface area contributed by atoms with E-state index in [4.69, 9.17) is 5.11 Å². The Bertz CT molecular complexity index is 91.0. The Morgan fingerprint density at radius 2 is 2.33 bits per heavy atom. The smallest absolute Gasteiger partial charge is 0.305 e. The first-order valence-electron chi connectivity index (χ1n) is 2.51. The maximum absolute atomic E-state index is 10.1. The van der Waals surface area contributed by atoms with E-state index in [9.17, 15) is 4.79 Å². The summed E-state index contributed by atoms with van der Waals surface area (Å²) in [5, 5.41) is 8.65. The van der Waals surface area contributed by atoms with Gasteiger partial charge in [-0.2, -0.15) is 0 Å². The molecule has 0 aromatic carbocycles. The molecule has 0 fully saturated rings. The minimum Gasteiger partial charge on any atom is -0.434 e. The van der Waals surface area contributed by atoms with E-state index >= 15 is 0 Å². The first-order valence-corrected chi connectivity index (χ1v) is 2.51. The highest BCUT2D eigenvalue weighted by molar-refractivity contribution is 5.65. The second-order valence-corrected chi connectivity index (χ2v) is 1.52. The van der Waals surface area contributed by atoms with Crippen LogP contribution in [-0.4, -0.2) is 31.1 Å². The summed E-state index contributed by atoms with van der Waals surface area (Å²) in [7, 11) is 1.41. The minimum absolute atomic E-state index is 0.0135. The molecule has 0 bridgehead atoms. The molecule has 4 heteroatoms. The van der Waals surface area contributed by atoms with Crippen LogP contribution in [0, 0.1) is 0 Å². The molecular weight excluding hydrogens is 124 g/mol. The number of rotatable bonds is 3. The van der Waals surface area contributed by atoms with Gasteiger partial charge in [0.25, 0.3) is 0 Å². The monoisotopic (exact) mass is 134 g/mol. The molecule has 0 aliphatic rings. The Morgan fingerprint density at radius 3 is 2.67 bits per heavy atom. The molecule has 0 saturated carbocycles. The fourth-order valence-electron chi connectivity index (χ4n) is 0.368. The second-order valence-electron chi connectivity index (χ2n) is 1.52. The molecule has 0 heterocycles. The quantitative estimate of drug-likeness (QED) is 0.418. The molecule has 0 aromatic rings.